The molecule has 0 bridgehead atoms. The van der Waals surface area contributed by atoms with Gasteiger partial charge in [0.25, 0.3) is 11.8 Å². The summed E-state index contributed by atoms with van der Waals surface area (Å²) >= 11 is 0. The van der Waals surface area contributed by atoms with Crippen molar-refractivity contribution in [2.24, 2.45) is 11.5 Å². The highest BCUT2D eigenvalue weighted by molar-refractivity contribution is 6.31. The quantitative estimate of drug-likeness (QED) is 0.00988. The highest BCUT2D eigenvalue weighted by Gasteiger charge is 2.51. The number of imide groups is 1. The second-order valence-electron chi connectivity index (χ2n) is 26.4. The lowest BCUT2D eigenvalue weighted by molar-refractivity contribution is -0.249. The number of nitrogens with zero attached hydrogens (tertiary/aromatic N) is 1. The van der Waals surface area contributed by atoms with Crippen molar-refractivity contribution in [1.29, 1.82) is 0 Å². The number of ether oxygens (including phenoxy) is 6. The summed E-state index contributed by atoms with van der Waals surface area (Å²) in [6, 6.07) is 5.16. The van der Waals surface area contributed by atoms with Gasteiger partial charge in [0.1, 0.15) is 77.6 Å². The van der Waals surface area contributed by atoms with Crippen molar-refractivity contribution >= 4 is 82.3 Å². The third kappa shape index (κ3) is 22.1. The van der Waals surface area contributed by atoms with Crippen LogP contribution in [0.15, 0.2) is 84.9 Å². The molecule has 19 N–H and O–H groups in total. The summed E-state index contributed by atoms with van der Waals surface area (Å²) in [6.07, 6.45) is -8.91. The number of aliphatic hydroxyl groups excluding tert-OH is 4. The van der Waals surface area contributed by atoms with Gasteiger partial charge in [-0.25, -0.2) is 0 Å². The fourth-order valence-electron chi connectivity index (χ4n) is 12.8. The number of fused-ring (bicyclic) bond motifs is 3. The molecule has 38 nitrogen and oxygen atoms in total. The van der Waals surface area contributed by atoms with Gasteiger partial charge in [-0.15, -0.1) is 0 Å². The fourth-order valence-corrected chi connectivity index (χ4v) is 12.8. The lowest BCUT2D eigenvalue weighted by Gasteiger charge is -2.43. The Hall–Kier alpha value is -11.2. The number of rotatable bonds is 41. The van der Waals surface area contributed by atoms with E-state index in [1.807, 2.05) is 0 Å². The van der Waals surface area contributed by atoms with Crippen molar-refractivity contribution in [2.45, 2.75) is 137 Å². The molecule has 0 spiro atoms. The Morgan fingerprint density at radius 3 is 1.71 bits per heavy atom. The molecule has 4 aliphatic rings. The Morgan fingerprint density at radius 2 is 1.14 bits per heavy atom. The standard InChI is InChI=1S/C73H88N10O28/c1-36-62(94)43(30-57(110-36)111-50-32-73(105,51(88)35-86)31-41-59(50)66(98)61-60(64(41)96)63(95)40-9-6-10-49(106-2)58(40)65(61)97)78-67(99)42(15-16-52(74)89)77-68(100)44(27-37-7-4-3-5-8-37)79-69(101)45(28-38-11-13-39(87)14-12-38)80-71(103)47(33-84)82-72(104)48(34-85)81-70(102)46(29-53(75)90)76-54(91)19-21-107-23-25-109-26-24-108-22-20-83-55(92)17-18-56(83)93/h3-14,17-18,36,42-48,50,57,62,84-87,94,96,98,105H,15-16,19-35H2,1-2H3,(H2,74,89)(H2,75,90)(H,76,91)(H,77,100)(H,78,99)(H,79,101)(H,80,103)(H,81,102)(H,82,104)/t36-,42+,43-,44+,45+,46+,47+,48+,50+,57-,62+,73+/m1/s1. The van der Waals surface area contributed by atoms with Gasteiger partial charge in [0.05, 0.1) is 108 Å². The molecular formula is C73H88N10O28. The van der Waals surface area contributed by atoms with Crippen LogP contribution in [-0.4, -0.2) is 268 Å². The highest BCUT2D eigenvalue weighted by atomic mass is 16.7. The van der Waals surface area contributed by atoms with Crippen LogP contribution >= 0.6 is 0 Å². The van der Waals surface area contributed by atoms with Gasteiger partial charge in [0.2, 0.25) is 58.9 Å². The maximum absolute atomic E-state index is 14.8. The number of benzene rings is 4. The molecule has 8 rings (SSSR count). The van der Waals surface area contributed by atoms with Crippen LogP contribution in [0.25, 0.3) is 0 Å². The number of hydrogen-bond acceptors (Lipinski definition) is 28. The van der Waals surface area contributed by atoms with E-state index in [9.17, 15) is 108 Å². The first-order chi connectivity index (χ1) is 52.9. The molecule has 2 heterocycles. The van der Waals surface area contributed by atoms with Crippen LogP contribution in [-0.2, 0) is 100 Å². The molecule has 0 saturated carbocycles. The van der Waals surface area contributed by atoms with Crippen LogP contribution in [0.4, 0.5) is 0 Å². The van der Waals surface area contributed by atoms with E-state index in [1.165, 1.54) is 56.5 Å². The number of carbonyl (C=O) groups excluding carboxylic acids is 14. The molecule has 1 saturated heterocycles. The summed E-state index contributed by atoms with van der Waals surface area (Å²) in [4.78, 5) is 189. The smallest absolute Gasteiger partial charge is 0.253 e. The first kappa shape index (κ1) is 85.4. The Morgan fingerprint density at radius 1 is 0.604 bits per heavy atom. The number of primary amides is 2. The monoisotopic (exact) mass is 1550 g/mol. The van der Waals surface area contributed by atoms with Gasteiger partial charge in [-0.1, -0.05) is 54.6 Å². The summed E-state index contributed by atoms with van der Waals surface area (Å²) in [5.74, 6) is -15.8. The minimum atomic E-state index is -2.56. The average molecular weight is 1550 g/mol. The van der Waals surface area contributed by atoms with E-state index in [0.29, 0.717) is 5.56 Å². The molecule has 4 aromatic rings. The molecule has 0 unspecified atom stereocenters. The zero-order valence-electron chi connectivity index (χ0n) is 60.2. The topological polar surface area (TPSA) is 596 Å². The van der Waals surface area contributed by atoms with E-state index in [-0.39, 0.29) is 92.8 Å². The van der Waals surface area contributed by atoms with Crippen LogP contribution in [0.2, 0.25) is 0 Å². The predicted molar refractivity (Wildman–Crippen MR) is 379 cm³/mol. The molecule has 38 heteroatoms. The molecule has 0 radical (unpaired) electrons. The van der Waals surface area contributed by atoms with Crippen LogP contribution in [0, 0.1) is 0 Å². The van der Waals surface area contributed by atoms with Gasteiger partial charge in [0.15, 0.2) is 17.9 Å². The largest absolute Gasteiger partial charge is 0.508 e. The van der Waals surface area contributed by atoms with Crippen molar-refractivity contribution in [3.05, 3.63) is 129 Å². The van der Waals surface area contributed by atoms with Crippen LogP contribution in [0.1, 0.15) is 106 Å². The Kier molecular flexibility index (Phi) is 30.3. The molecule has 598 valence electrons. The summed E-state index contributed by atoms with van der Waals surface area (Å²) in [6.45, 7) is -1.92. The zero-order chi connectivity index (χ0) is 81.0. The predicted octanol–water partition coefficient (Wildman–Crippen LogP) is -5.25. The fraction of sp³-hybridized carbons (Fsp3) is 0.452. The van der Waals surface area contributed by atoms with Crippen LogP contribution in [0.3, 0.4) is 0 Å². The highest BCUT2D eigenvalue weighted by Crippen LogP contribution is 2.53. The molecule has 1 fully saturated rings. The summed E-state index contributed by atoms with van der Waals surface area (Å²) in [5, 5.41) is 105. The molecule has 12 atom stereocenters. The average Bonchev–Trinajstić information content (AvgIpc) is 1.04. The molecule has 111 heavy (non-hydrogen) atoms. The Labute approximate surface area is 632 Å². The number of hydrogen-bond donors (Lipinski definition) is 17. The van der Waals surface area contributed by atoms with Gasteiger partial charge in [0, 0.05) is 73.8 Å². The molecule has 2 aliphatic carbocycles. The number of phenols is 3. The lowest BCUT2D eigenvalue weighted by Crippen LogP contribution is -2.62. The van der Waals surface area contributed by atoms with Crippen molar-refractivity contribution in [3.8, 4) is 23.0 Å². The summed E-state index contributed by atoms with van der Waals surface area (Å²) < 4.78 is 33.8. The second kappa shape index (κ2) is 39.4. The van der Waals surface area contributed by atoms with E-state index < -0.39 is 248 Å². The Bertz CT molecular complexity index is 4160. The number of carbonyl (C=O) groups is 14. The number of methoxy groups -OCH3 is 1. The number of aromatic hydroxyl groups is 3. The Balaban J connectivity index is 0.931. The first-order valence-corrected chi connectivity index (χ1v) is 35.1. The van der Waals surface area contributed by atoms with Gasteiger partial charge >= 0.3 is 0 Å². The second-order valence-corrected chi connectivity index (χ2v) is 26.4. The zero-order valence-corrected chi connectivity index (χ0v) is 60.2. The van der Waals surface area contributed by atoms with Gasteiger partial charge in [-0.3, -0.25) is 72.0 Å². The van der Waals surface area contributed by atoms with E-state index in [4.69, 9.17) is 39.9 Å². The number of aliphatic hydroxyl groups is 5. The molecule has 2 aliphatic heterocycles. The third-order valence-electron chi connectivity index (χ3n) is 18.6. The minimum absolute atomic E-state index is 0.0147. The normalized spacial score (nSPS) is 20.0. The molecule has 0 aromatic heterocycles. The number of phenolic OH excluding ortho intramolecular Hbond substituents is 3. The van der Waals surface area contributed by atoms with Crippen molar-refractivity contribution in [3.63, 3.8) is 0 Å². The van der Waals surface area contributed by atoms with Gasteiger partial charge < -0.3 is 118 Å². The first-order valence-electron chi connectivity index (χ1n) is 35.1. The number of ketones is 3. The van der Waals surface area contributed by atoms with E-state index in [0.717, 1.165) is 17.1 Å². The number of nitrogens with one attached hydrogen (secondary N) is 7. The van der Waals surface area contributed by atoms with Crippen molar-refractivity contribution < 1.29 is 136 Å². The van der Waals surface area contributed by atoms with Crippen LogP contribution in [0.5, 0.6) is 23.0 Å². The molecule has 11 amide bonds. The number of Topliss-reactive ketones (excluding diaryl/α,β-unsaturated/α-hetero) is 1. The van der Waals surface area contributed by atoms with Crippen LogP contribution < -0.4 is 53.4 Å². The molecule has 4 aromatic carbocycles. The summed E-state index contributed by atoms with van der Waals surface area (Å²) in [5.41, 5.74) is 6.50. The third-order valence-corrected chi connectivity index (χ3v) is 18.6. The van der Waals surface area contributed by atoms with E-state index >= 15 is 0 Å². The lowest BCUT2D eigenvalue weighted by atomic mass is 9.72. The van der Waals surface area contributed by atoms with Gasteiger partial charge in [-0.05, 0) is 42.7 Å². The van der Waals surface area contributed by atoms with E-state index in [1.54, 1.807) is 30.3 Å². The molecular weight excluding hydrogens is 1460 g/mol. The van der Waals surface area contributed by atoms with Crippen molar-refractivity contribution in [2.75, 3.05) is 73.1 Å². The summed E-state index contributed by atoms with van der Waals surface area (Å²) in [7, 11) is 1.24. The van der Waals surface area contributed by atoms with Crippen molar-refractivity contribution in [1.82, 2.24) is 42.1 Å². The minimum Gasteiger partial charge on any atom is -0.508 e. The SMILES string of the molecule is COc1cccc2c1C(=O)c1c(O)c3c(c(O)c1C2=O)C[C@@](O)(C(=O)CO)C[C@@H]3O[C@@H]1C[C@@H](NC(=O)[C@H](CCC(N)=O)NC(=O)[C@H](Cc2ccccc2)NC(=O)[C@H](Cc2ccc(O)cc2)NC(=O)[C@H](CO)NC(=O)[C@H](CO)NC(=O)[C@H](CC(N)=O)NC(=O)CCOCCOCCOCCN2C(=O)C=CC2=O)[C@@H](O)[C@@H](C)O1. The number of nitrogens with two attached hydrogens (primary N) is 2. The maximum atomic E-state index is 14.8. The maximum Gasteiger partial charge on any atom is 0.253 e. The van der Waals surface area contributed by atoms with Gasteiger partial charge in [-0.2, -0.15) is 0 Å². The van der Waals surface area contributed by atoms with E-state index in [2.05, 4.69) is 37.2 Å². The number of amides is 11.